The molecule has 0 radical (unpaired) electrons. The van der Waals surface area contributed by atoms with E-state index in [2.05, 4.69) is 0 Å². The van der Waals surface area contributed by atoms with Gasteiger partial charge in [0.2, 0.25) is 11.2 Å². The van der Waals surface area contributed by atoms with Crippen LogP contribution in [0.2, 0.25) is 0 Å². The highest BCUT2D eigenvalue weighted by molar-refractivity contribution is 5.91. The van der Waals surface area contributed by atoms with Crippen LogP contribution in [0.15, 0.2) is 39.7 Å². The fraction of sp³-hybridized carbons (Fsp3) is 0.143. The zero-order valence-corrected chi connectivity index (χ0v) is 10.9. The molecule has 0 saturated carbocycles. The summed E-state index contributed by atoms with van der Waals surface area (Å²) in [5.74, 6) is -0.665. The van der Waals surface area contributed by atoms with Gasteiger partial charge in [0.1, 0.15) is 5.76 Å². The molecule has 0 bridgehead atoms. The Morgan fingerprint density at radius 3 is 2.70 bits per heavy atom. The molecule has 0 saturated heterocycles. The van der Waals surface area contributed by atoms with Gasteiger partial charge in [0, 0.05) is 6.07 Å². The molecule has 2 aromatic rings. The third-order valence-corrected chi connectivity index (χ3v) is 2.62. The summed E-state index contributed by atoms with van der Waals surface area (Å²) in [6.07, 6.45) is 1.22. The Bertz CT molecular complexity index is 701. The van der Waals surface area contributed by atoms with Gasteiger partial charge in [-0.05, 0) is 25.1 Å². The first-order valence-electron chi connectivity index (χ1n) is 5.70. The van der Waals surface area contributed by atoms with Gasteiger partial charge in [0.05, 0.1) is 18.9 Å². The summed E-state index contributed by atoms with van der Waals surface area (Å²) in [7, 11) is 1.36. The third kappa shape index (κ3) is 2.64. The highest BCUT2D eigenvalue weighted by Gasteiger charge is 2.16. The number of methoxy groups -OCH3 is 1. The molecule has 0 amide bonds. The van der Waals surface area contributed by atoms with Gasteiger partial charge >= 0.3 is 5.97 Å². The van der Waals surface area contributed by atoms with E-state index in [9.17, 15) is 14.7 Å². The molecule has 2 rings (SSSR count). The van der Waals surface area contributed by atoms with Gasteiger partial charge in [-0.15, -0.1) is 0 Å². The summed E-state index contributed by atoms with van der Waals surface area (Å²) in [4.78, 5) is 23.5. The fourth-order valence-corrected chi connectivity index (χ4v) is 1.58. The molecule has 0 aliphatic heterocycles. The van der Waals surface area contributed by atoms with E-state index in [0.717, 1.165) is 6.07 Å². The number of phenolic OH excluding ortho intramolecular Hbond substituents is 1. The molecule has 6 heteroatoms. The van der Waals surface area contributed by atoms with Crippen molar-refractivity contribution in [2.45, 2.75) is 6.92 Å². The largest absolute Gasteiger partial charge is 0.504 e. The van der Waals surface area contributed by atoms with Crippen LogP contribution in [0.5, 0.6) is 17.2 Å². The monoisotopic (exact) mass is 276 g/mol. The molecule has 1 aromatic carbocycles. The maximum absolute atomic E-state index is 12.0. The summed E-state index contributed by atoms with van der Waals surface area (Å²) in [6, 6.07) is 5.14. The minimum Gasteiger partial charge on any atom is -0.504 e. The highest BCUT2D eigenvalue weighted by atomic mass is 16.5. The molecule has 1 N–H and O–H groups in total. The van der Waals surface area contributed by atoms with Gasteiger partial charge in [-0.3, -0.25) is 4.79 Å². The summed E-state index contributed by atoms with van der Waals surface area (Å²) < 4.78 is 14.9. The first-order valence-corrected chi connectivity index (χ1v) is 5.70. The average Bonchev–Trinajstić information content (AvgIpc) is 2.43. The van der Waals surface area contributed by atoms with Gasteiger partial charge in [-0.2, -0.15) is 0 Å². The third-order valence-electron chi connectivity index (χ3n) is 2.62. The van der Waals surface area contributed by atoms with Crippen LogP contribution >= 0.6 is 0 Å². The van der Waals surface area contributed by atoms with Crippen LogP contribution in [0.1, 0.15) is 16.1 Å². The van der Waals surface area contributed by atoms with E-state index >= 15 is 0 Å². The summed E-state index contributed by atoms with van der Waals surface area (Å²) >= 11 is 0. The lowest BCUT2D eigenvalue weighted by Gasteiger charge is -2.07. The Balaban J connectivity index is 2.31. The quantitative estimate of drug-likeness (QED) is 0.861. The van der Waals surface area contributed by atoms with Gasteiger partial charge in [0.25, 0.3) is 0 Å². The van der Waals surface area contributed by atoms with Crippen molar-refractivity contribution in [3.05, 3.63) is 52.1 Å². The van der Waals surface area contributed by atoms with Gasteiger partial charge in [-0.25, -0.2) is 4.79 Å². The second kappa shape index (κ2) is 5.48. The molecule has 1 heterocycles. The first kappa shape index (κ1) is 13.7. The standard InChI is InChI=1S/C14H12O6/c1-8-13(11(16)5-6-19-8)20-14(17)9-3-4-10(15)12(7-9)18-2/h3-7,15H,1-2H3. The van der Waals surface area contributed by atoms with Crippen molar-refractivity contribution in [3.8, 4) is 17.2 Å². The van der Waals surface area contributed by atoms with Crippen molar-refractivity contribution in [3.63, 3.8) is 0 Å². The lowest BCUT2D eigenvalue weighted by atomic mass is 10.2. The fourth-order valence-electron chi connectivity index (χ4n) is 1.58. The van der Waals surface area contributed by atoms with Crippen molar-refractivity contribution in [1.29, 1.82) is 0 Å². The number of benzene rings is 1. The van der Waals surface area contributed by atoms with E-state index in [1.165, 1.54) is 38.5 Å². The Kier molecular flexibility index (Phi) is 3.74. The van der Waals surface area contributed by atoms with E-state index in [0.29, 0.717) is 0 Å². The maximum atomic E-state index is 12.0. The number of aromatic hydroxyl groups is 1. The molecule has 0 unspecified atom stereocenters. The van der Waals surface area contributed by atoms with Crippen LogP contribution in [0, 0.1) is 6.92 Å². The topological polar surface area (TPSA) is 86.0 Å². The van der Waals surface area contributed by atoms with E-state index in [4.69, 9.17) is 13.9 Å². The van der Waals surface area contributed by atoms with Crippen molar-refractivity contribution >= 4 is 5.97 Å². The van der Waals surface area contributed by atoms with Crippen LogP contribution in [0.3, 0.4) is 0 Å². The first-order chi connectivity index (χ1) is 9.52. The molecule has 0 atom stereocenters. The van der Waals surface area contributed by atoms with E-state index in [-0.39, 0.29) is 28.6 Å². The van der Waals surface area contributed by atoms with Crippen LogP contribution in [0.25, 0.3) is 0 Å². The van der Waals surface area contributed by atoms with Crippen molar-refractivity contribution < 1.29 is 23.8 Å². The summed E-state index contributed by atoms with van der Waals surface area (Å²) in [5.41, 5.74) is -0.310. The van der Waals surface area contributed by atoms with E-state index < -0.39 is 11.4 Å². The molecular formula is C14H12O6. The van der Waals surface area contributed by atoms with Crippen molar-refractivity contribution in [2.24, 2.45) is 0 Å². The predicted octanol–water partition coefficient (Wildman–Crippen LogP) is 1.88. The van der Waals surface area contributed by atoms with Crippen LogP contribution in [0.4, 0.5) is 0 Å². The second-order valence-electron chi connectivity index (χ2n) is 3.95. The zero-order valence-electron chi connectivity index (χ0n) is 10.9. The zero-order chi connectivity index (χ0) is 14.7. The average molecular weight is 276 g/mol. The molecular weight excluding hydrogens is 264 g/mol. The van der Waals surface area contributed by atoms with Crippen LogP contribution < -0.4 is 14.9 Å². The minimum absolute atomic E-state index is 0.0977. The van der Waals surface area contributed by atoms with E-state index in [1.807, 2.05) is 0 Å². The molecule has 0 aliphatic carbocycles. The number of hydrogen-bond acceptors (Lipinski definition) is 6. The predicted molar refractivity (Wildman–Crippen MR) is 69.3 cm³/mol. The van der Waals surface area contributed by atoms with Gasteiger partial charge < -0.3 is 19.0 Å². The molecule has 20 heavy (non-hydrogen) atoms. The Morgan fingerprint density at radius 2 is 2.05 bits per heavy atom. The lowest BCUT2D eigenvalue weighted by Crippen LogP contribution is -2.15. The summed E-state index contributed by atoms with van der Waals surface area (Å²) in [5, 5.41) is 9.45. The number of carbonyl (C=O) groups is 1. The van der Waals surface area contributed by atoms with E-state index in [1.54, 1.807) is 0 Å². The van der Waals surface area contributed by atoms with Crippen LogP contribution in [-0.2, 0) is 0 Å². The van der Waals surface area contributed by atoms with Crippen LogP contribution in [-0.4, -0.2) is 18.2 Å². The normalized spacial score (nSPS) is 10.1. The van der Waals surface area contributed by atoms with Crippen molar-refractivity contribution in [2.75, 3.05) is 7.11 Å². The molecule has 0 fully saturated rings. The summed E-state index contributed by atoms with van der Waals surface area (Å²) in [6.45, 7) is 1.52. The second-order valence-corrected chi connectivity index (χ2v) is 3.95. The highest BCUT2D eigenvalue weighted by Crippen LogP contribution is 2.26. The molecule has 6 nitrogen and oxygen atoms in total. The lowest BCUT2D eigenvalue weighted by molar-refractivity contribution is 0.0726. The van der Waals surface area contributed by atoms with Gasteiger partial charge in [-0.1, -0.05) is 0 Å². The SMILES string of the molecule is COc1cc(C(=O)Oc2c(C)occc2=O)ccc1O. The number of carbonyl (C=O) groups excluding carboxylic acids is 1. The van der Waals surface area contributed by atoms with Gasteiger partial charge in [0.15, 0.2) is 11.5 Å². The Hall–Kier alpha value is -2.76. The Morgan fingerprint density at radius 1 is 1.30 bits per heavy atom. The number of ether oxygens (including phenoxy) is 2. The number of rotatable bonds is 3. The molecule has 104 valence electrons. The smallest absolute Gasteiger partial charge is 0.343 e. The maximum Gasteiger partial charge on any atom is 0.343 e. The number of hydrogen-bond donors (Lipinski definition) is 1. The number of aryl methyl sites for hydroxylation is 1. The minimum atomic E-state index is -0.745. The number of esters is 1. The Labute approximate surface area is 114 Å². The van der Waals surface area contributed by atoms with Crippen molar-refractivity contribution in [1.82, 2.24) is 0 Å². The molecule has 0 aliphatic rings. The molecule has 0 spiro atoms. The number of phenols is 1. The molecule has 1 aromatic heterocycles.